The Morgan fingerprint density at radius 3 is 2.00 bits per heavy atom. The summed E-state index contributed by atoms with van der Waals surface area (Å²) in [6.07, 6.45) is -0.0456. The largest absolute Gasteiger partial charge is 0.507 e. The fourth-order valence-corrected chi connectivity index (χ4v) is 9.59. The fourth-order valence-electron chi connectivity index (χ4n) is 9.59. The maximum absolute atomic E-state index is 15.0. The number of carbonyl (C=O) groups excluding carboxylic acids is 6. The van der Waals surface area contributed by atoms with Crippen LogP contribution in [0.4, 0.5) is 0 Å². The maximum Gasteiger partial charge on any atom is 0.190 e. The zero-order chi connectivity index (χ0) is 34.5. The number of fused-ring (bicyclic) bond motifs is 3. The number of phenols is 1. The van der Waals surface area contributed by atoms with Crippen LogP contribution in [-0.2, 0) is 29.4 Å². The second kappa shape index (κ2) is 10.8. The first-order chi connectivity index (χ1) is 20.5. The highest BCUT2D eigenvalue weighted by molar-refractivity contribution is 6.33. The molecule has 0 heterocycles. The number of ketones is 6. The molecule has 0 bridgehead atoms. The second-order valence-corrected chi connectivity index (χ2v) is 16.0. The number of hydrogen-bond acceptors (Lipinski definition) is 8. The van der Waals surface area contributed by atoms with Crippen molar-refractivity contribution in [1.82, 2.24) is 0 Å². The van der Waals surface area contributed by atoms with Crippen molar-refractivity contribution in [1.29, 1.82) is 0 Å². The Bertz CT molecular complexity index is 1530. The van der Waals surface area contributed by atoms with Crippen LogP contribution in [-0.4, -0.2) is 50.5 Å². The van der Waals surface area contributed by atoms with Crippen molar-refractivity contribution in [2.75, 3.05) is 0 Å². The predicted molar refractivity (Wildman–Crippen MR) is 169 cm³/mol. The van der Waals surface area contributed by atoms with Gasteiger partial charge < -0.3 is 10.2 Å². The molecule has 8 heteroatoms. The topological polar surface area (TPSA) is 143 Å². The third-order valence-electron chi connectivity index (χ3n) is 11.9. The molecule has 0 aliphatic heterocycles. The van der Waals surface area contributed by atoms with Gasteiger partial charge in [0.15, 0.2) is 28.7 Å². The lowest BCUT2D eigenvalue weighted by atomic mass is 9.34. The first-order valence-corrected chi connectivity index (χ1v) is 16.3. The summed E-state index contributed by atoms with van der Waals surface area (Å²) in [6.45, 7) is 21.2. The number of rotatable bonds is 6. The van der Waals surface area contributed by atoms with E-state index in [-0.39, 0.29) is 35.9 Å². The molecule has 3 aliphatic carbocycles. The molecule has 1 aromatic rings. The van der Waals surface area contributed by atoms with Gasteiger partial charge >= 0.3 is 0 Å². The lowest BCUT2D eigenvalue weighted by Crippen LogP contribution is -2.80. The molecule has 0 radical (unpaired) electrons. The highest BCUT2D eigenvalue weighted by Gasteiger charge is 2.80. The van der Waals surface area contributed by atoms with E-state index in [9.17, 15) is 39.0 Å². The Hall–Kier alpha value is -3.00. The summed E-state index contributed by atoms with van der Waals surface area (Å²) in [5, 5.41) is 24.4. The Morgan fingerprint density at radius 1 is 1.00 bits per heavy atom. The van der Waals surface area contributed by atoms with E-state index in [2.05, 4.69) is 0 Å². The van der Waals surface area contributed by atoms with Crippen LogP contribution in [0.25, 0.3) is 0 Å². The molecule has 3 unspecified atom stereocenters. The molecular formula is C37H50O8. The van der Waals surface area contributed by atoms with Gasteiger partial charge in [0.1, 0.15) is 23.2 Å². The molecule has 0 spiro atoms. The molecule has 0 saturated heterocycles. The normalized spacial score (nSPS) is 35.0. The number of benzene rings is 1. The number of carbonyl (C=O) groups is 6. The molecule has 45 heavy (non-hydrogen) atoms. The molecule has 2 fully saturated rings. The maximum atomic E-state index is 15.0. The molecule has 4 rings (SSSR count). The lowest BCUT2D eigenvalue weighted by Gasteiger charge is -2.67. The van der Waals surface area contributed by atoms with Gasteiger partial charge in [-0.2, -0.15) is 0 Å². The highest BCUT2D eigenvalue weighted by Crippen LogP contribution is 2.70. The van der Waals surface area contributed by atoms with Gasteiger partial charge in [-0.3, -0.25) is 28.8 Å². The molecule has 246 valence electrons. The molecule has 8 atom stereocenters. The third-order valence-corrected chi connectivity index (χ3v) is 11.9. The van der Waals surface area contributed by atoms with Crippen molar-refractivity contribution in [2.24, 2.45) is 40.4 Å². The number of hydrogen-bond donors (Lipinski definition) is 2. The van der Waals surface area contributed by atoms with Gasteiger partial charge in [-0.15, -0.1) is 0 Å². The molecule has 1 aromatic carbocycles. The summed E-state index contributed by atoms with van der Waals surface area (Å²) < 4.78 is 0. The first kappa shape index (κ1) is 34.9. The van der Waals surface area contributed by atoms with Crippen LogP contribution < -0.4 is 0 Å². The summed E-state index contributed by atoms with van der Waals surface area (Å²) in [7, 11) is 0. The zero-order valence-corrected chi connectivity index (χ0v) is 28.9. The number of aliphatic hydroxyl groups is 1. The van der Waals surface area contributed by atoms with E-state index in [1.807, 2.05) is 47.6 Å². The summed E-state index contributed by atoms with van der Waals surface area (Å²) >= 11 is 0. The van der Waals surface area contributed by atoms with Crippen molar-refractivity contribution in [3.8, 4) is 5.75 Å². The van der Waals surface area contributed by atoms with E-state index in [0.717, 1.165) is 12.5 Å². The summed E-state index contributed by atoms with van der Waals surface area (Å²) in [5.74, 6) is -11.6. The van der Waals surface area contributed by atoms with Gasteiger partial charge in [0.25, 0.3) is 0 Å². The van der Waals surface area contributed by atoms with Gasteiger partial charge in [0.2, 0.25) is 0 Å². The molecule has 2 N–H and O–H groups in total. The fraction of sp³-hybridized carbons (Fsp3) is 0.676. The van der Waals surface area contributed by atoms with Crippen molar-refractivity contribution in [3.05, 3.63) is 28.3 Å². The van der Waals surface area contributed by atoms with Crippen molar-refractivity contribution in [2.45, 2.75) is 119 Å². The van der Waals surface area contributed by atoms with Crippen LogP contribution in [0.15, 0.2) is 6.07 Å². The molecule has 0 amide bonds. The number of aromatic hydroxyl groups is 1. The summed E-state index contributed by atoms with van der Waals surface area (Å²) in [6, 6.07) is 1.92. The third kappa shape index (κ3) is 4.33. The molecule has 8 nitrogen and oxygen atoms in total. The van der Waals surface area contributed by atoms with Crippen LogP contribution >= 0.6 is 0 Å². The lowest BCUT2D eigenvalue weighted by molar-refractivity contribution is -0.225. The van der Waals surface area contributed by atoms with Crippen LogP contribution in [0.2, 0.25) is 0 Å². The van der Waals surface area contributed by atoms with Gasteiger partial charge in [0, 0.05) is 29.7 Å². The summed E-state index contributed by atoms with van der Waals surface area (Å²) in [5.41, 5.74) is -4.62. The minimum Gasteiger partial charge on any atom is -0.507 e. The van der Waals surface area contributed by atoms with Crippen molar-refractivity contribution < 1.29 is 39.0 Å². The van der Waals surface area contributed by atoms with Gasteiger partial charge in [0.05, 0.1) is 11.5 Å². The van der Waals surface area contributed by atoms with E-state index in [0.29, 0.717) is 11.1 Å². The standard InChI is InChI=1S/C37H50O8/c1-13-20(39)14-23-35(11)18(6)24-21(16(2)3)15-22(34(8,9)10)29(40)26(24)31(42)28(35)33(44)37(45)32(43)25(19(7)38)30(41)27(17(4)5)36(23,37)12/h15-18,23,25,27-28,40,45H,13-14H2,1-12H3/t18-,23-,25?,27?,28?,35-,36-,37+/m1/s1. The minimum absolute atomic E-state index is 0.00471. The Balaban J connectivity index is 2.21. The SMILES string of the molecule is CCC(=O)C[C@@H]1[C@]2(C)C(C(=O)c3c(O)c(C(C)(C)C)cc(C(C)C)c3[C@H]2C)C(=O)[C@@]2(O)C(=O)C(C(C)=O)C(=O)C(C(C)C)[C@@]12C. The molecule has 2 saturated carbocycles. The van der Waals surface area contributed by atoms with Gasteiger partial charge in [-0.05, 0) is 52.6 Å². The van der Waals surface area contributed by atoms with Crippen molar-refractivity contribution >= 4 is 34.7 Å². The van der Waals surface area contributed by atoms with E-state index < -0.39 is 86.3 Å². The smallest absolute Gasteiger partial charge is 0.190 e. The Morgan fingerprint density at radius 2 is 1.56 bits per heavy atom. The van der Waals surface area contributed by atoms with Gasteiger partial charge in [-0.25, -0.2) is 0 Å². The predicted octanol–water partition coefficient (Wildman–Crippen LogP) is 5.67. The van der Waals surface area contributed by atoms with E-state index in [1.54, 1.807) is 27.7 Å². The Labute approximate surface area is 266 Å². The average Bonchev–Trinajstić information content (AvgIpc) is 2.90. The van der Waals surface area contributed by atoms with Crippen LogP contribution in [0, 0.1) is 40.4 Å². The highest BCUT2D eigenvalue weighted by atomic mass is 16.3. The minimum atomic E-state index is -2.89. The molecular weight excluding hydrogens is 572 g/mol. The van der Waals surface area contributed by atoms with Crippen LogP contribution in [0.1, 0.15) is 135 Å². The molecule has 0 aromatic heterocycles. The van der Waals surface area contributed by atoms with Gasteiger partial charge in [-0.1, -0.05) is 82.2 Å². The van der Waals surface area contributed by atoms with E-state index in [4.69, 9.17) is 0 Å². The van der Waals surface area contributed by atoms with Crippen LogP contribution in [0.3, 0.4) is 0 Å². The zero-order valence-electron chi connectivity index (χ0n) is 28.9. The number of phenolic OH excluding ortho intramolecular Hbond substituents is 1. The monoisotopic (exact) mass is 622 g/mol. The average molecular weight is 623 g/mol. The molecule has 3 aliphatic rings. The van der Waals surface area contributed by atoms with Crippen LogP contribution in [0.5, 0.6) is 5.75 Å². The second-order valence-electron chi connectivity index (χ2n) is 16.0. The van der Waals surface area contributed by atoms with E-state index in [1.165, 1.54) is 6.92 Å². The first-order valence-electron chi connectivity index (χ1n) is 16.3. The van der Waals surface area contributed by atoms with E-state index >= 15 is 0 Å². The van der Waals surface area contributed by atoms with Crippen molar-refractivity contribution in [3.63, 3.8) is 0 Å². The summed E-state index contributed by atoms with van der Waals surface area (Å²) in [4.78, 5) is 84.5. The number of Topliss-reactive ketones (excluding diaryl/α,β-unsaturated/α-hetero) is 6. The quantitative estimate of drug-likeness (QED) is 0.387. The Kier molecular flexibility index (Phi) is 8.35.